The topological polar surface area (TPSA) is 26.3 Å². The minimum atomic E-state index is -0.386. The minimum Gasteiger partial charge on any atom is -0.459 e. The van der Waals surface area contributed by atoms with E-state index in [2.05, 4.69) is 13.0 Å². The Balaban J connectivity index is 1.92. The molecule has 0 saturated heterocycles. The van der Waals surface area contributed by atoms with E-state index in [0.717, 1.165) is 24.8 Å². The predicted molar refractivity (Wildman–Crippen MR) is 81.4 cm³/mol. The summed E-state index contributed by atoms with van der Waals surface area (Å²) < 4.78 is 5.75. The second kappa shape index (κ2) is 6.25. The summed E-state index contributed by atoms with van der Waals surface area (Å²) in [6, 6.07) is 9.77. The van der Waals surface area contributed by atoms with Crippen molar-refractivity contribution in [2.45, 2.75) is 52.1 Å². The first-order valence-electron chi connectivity index (χ1n) is 7.39. The zero-order chi connectivity index (χ0) is 14.6. The maximum atomic E-state index is 12.1. The number of benzene rings is 1. The van der Waals surface area contributed by atoms with E-state index in [1.807, 2.05) is 44.2 Å². The molecule has 0 aliphatic heterocycles. The number of ether oxygens (including phenoxy) is 1. The van der Waals surface area contributed by atoms with Gasteiger partial charge in [0.1, 0.15) is 5.60 Å². The number of hydrogen-bond donors (Lipinski definition) is 0. The summed E-state index contributed by atoms with van der Waals surface area (Å²) in [6.45, 7) is 6.24. The second-order valence-electron chi connectivity index (χ2n) is 6.26. The quantitative estimate of drug-likeness (QED) is 0.603. The number of carbonyl (C=O) groups excluding carboxylic acids is 1. The molecule has 108 valence electrons. The second-order valence-corrected chi connectivity index (χ2v) is 6.26. The van der Waals surface area contributed by atoms with Crippen LogP contribution in [0.2, 0.25) is 0 Å². The SMILES string of the molecule is CC1=CCC(C(C)(C)OC(=O)Cc2ccccc2)CC1. The van der Waals surface area contributed by atoms with E-state index in [1.54, 1.807) is 0 Å². The fourth-order valence-electron chi connectivity index (χ4n) is 2.77. The van der Waals surface area contributed by atoms with Crippen molar-refractivity contribution >= 4 is 5.97 Å². The van der Waals surface area contributed by atoms with Gasteiger partial charge < -0.3 is 4.74 Å². The molecule has 0 aromatic heterocycles. The van der Waals surface area contributed by atoms with Gasteiger partial charge in [0.25, 0.3) is 0 Å². The molecule has 1 aromatic carbocycles. The van der Waals surface area contributed by atoms with Gasteiger partial charge in [0.05, 0.1) is 6.42 Å². The molecule has 2 rings (SSSR count). The van der Waals surface area contributed by atoms with Crippen molar-refractivity contribution in [2.24, 2.45) is 5.92 Å². The van der Waals surface area contributed by atoms with Crippen LogP contribution in [0.25, 0.3) is 0 Å². The molecule has 0 N–H and O–H groups in total. The van der Waals surface area contributed by atoms with Crippen molar-refractivity contribution in [3.8, 4) is 0 Å². The zero-order valence-electron chi connectivity index (χ0n) is 12.7. The van der Waals surface area contributed by atoms with Crippen LogP contribution in [-0.2, 0) is 16.0 Å². The summed E-state index contributed by atoms with van der Waals surface area (Å²) >= 11 is 0. The molecule has 0 radical (unpaired) electrons. The van der Waals surface area contributed by atoms with E-state index >= 15 is 0 Å². The van der Waals surface area contributed by atoms with Gasteiger partial charge in [0.2, 0.25) is 0 Å². The standard InChI is InChI=1S/C18H24O2/c1-14-9-11-16(12-10-14)18(2,3)20-17(19)13-15-7-5-4-6-8-15/h4-9,16H,10-13H2,1-3H3. The molecule has 2 heteroatoms. The van der Waals surface area contributed by atoms with Crippen molar-refractivity contribution in [2.75, 3.05) is 0 Å². The average molecular weight is 272 g/mol. The molecule has 1 atom stereocenters. The average Bonchev–Trinajstić information content (AvgIpc) is 2.39. The third kappa shape index (κ3) is 3.96. The largest absolute Gasteiger partial charge is 0.459 e. The number of rotatable bonds is 4. The summed E-state index contributed by atoms with van der Waals surface area (Å²) in [7, 11) is 0. The van der Waals surface area contributed by atoms with Crippen LogP contribution in [0.3, 0.4) is 0 Å². The van der Waals surface area contributed by atoms with Gasteiger partial charge in [0, 0.05) is 5.92 Å². The summed E-state index contributed by atoms with van der Waals surface area (Å²) in [5.41, 5.74) is 2.07. The molecule has 0 bridgehead atoms. The molecule has 0 spiro atoms. The molecule has 0 saturated carbocycles. The smallest absolute Gasteiger partial charge is 0.310 e. The van der Waals surface area contributed by atoms with E-state index in [1.165, 1.54) is 5.57 Å². The fraction of sp³-hybridized carbons (Fsp3) is 0.500. The molecule has 2 nitrogen and oxygen atoms in total. The van der Waals surface area contributed by atoms with Crippen molar-refractivity contribution in [3.05, 3.63) is 47.5 Å². The Morgan fingerprint density at radius 1 is 1.30 bits per heavy atom. The Kier molecular flexibility index (Phi) is 4.64. The Labute approximate surface area is 121 Å². The normalized spacial score (nSPS) is 19.4. The molecular weight excluding hydrogens is 248 g/mol. The maximum absolute atomic E-state index is 12.1. The highest BCUT2D eigenvalue weighted by Gasteiger charge is 2.33. The van der Waals surface area contributed by atoms with Gasteiger partial charge in [-0.05, 0) is 45.6 Å². The van der Waals surface area contributed by atoms with E-state index in [4.69, 9.17) is 4.74 Å². The van der Waals surface area contributed by atoms with Crippen molar-refractivity contribution in [1.29, 1.82) is 0 Å². The molecule has 1 aliphatic rings. The molecular formula is C18H24O2. The number of hydrogen-bond acceptors (Lipinski definition) is 2. The molecule has 1 aromatic rings. The van der Waals surface area contributed by atoms with Gasteiger partial charge in [-0.25, -0.2) is 0 Å². The van der Waals surface area contributed by atoms with Gasteiger partial charge in [-0.2, -0.15) is 0 Å². The van der Waals surface area contributed by atoms with Gasteiger partial charge >= 0.3 is 5.97 Å². The predicted octanol–water partition coefficient (Wildman–Crippen LogP) is 4.30. The first-order chi connectivity index (χ1) is 9.47. The van der Waals surface area contributed by atoms with Crippen LogP contribution < -0.4 is 0 Å². The Bertz CT molecular complexity index is 485. The highest BCUT2D eigenvalue weighted by molar-refractivity contribution is 5.73. The molecule has 1 unspecified atom stereocenters. The van der Waals surface area contributed by atoms with Gasteiger partial charge in [-0.1, -0.05) is 42.0 Å². The lowest BCUT2D eigenvalue weighted by Crippen LogP contribution is -2.38. The summed E-state index contributed by atoms with van der Waals surface area (Å²) in [5.74, 6) is 0.290. The van der Waals surface area contributed by atoms with Gasteiger partial charge in [-0.15, -0.1) is 0 Å². The molecule has 1 aliphatic carbocycles. The van der Waals surface area contributed by atoms with Crippen LogP contribution in [0.15, 0.2) is 42.0 Å². The van der Waals surface area contributed by atoms with Crippen molar-refractivity contribution < 1.29 is 9.53 Å². The summed E-state index contributed by atoms with van der Waals surface area (Å²) in [5, 5.41) is 0. The van der Waals surface area contributed by atoms with Crippen LogP contribution >= 0.6 is 0 Å². The first kappa shape index (κ1) is 14.8. The monoisotopic (exact) mass is 272 g/mol. The maximum Gasteiger partial charge on any atom is 0.310 e. The van der Waals surface area contributed by atoms with Crippen molar-refractivity contribution in [3.63, 3.8) is 0 Å². The molecule has 0 amide bonds. The Morgan fingerprint density at radius 2 is 2.00 bits per heavy atom. The zero-order valence-corrected chi connectivity index (χ0v) is 12.7. The van der Waals surface area contributed by atoms with E-state index < -0.39 is 0 Å². The number of esters is 1. The van der Waals surface area contributed by atoms with Crippen LogP contribution in [0, 0.1) is 5.92 Å². The van der Waals surface area contributed by atoms with Crippen molar-refractivity contribution in [1.82, 2.24) is 0 Å². The minimum absolute atomic E-state index is 0.132. The van der Waals surface area contributed by atoms with E-state index in [0.29, 0.717) is 12.3 Å². The van der Waals surface area contributed by atoms with Crippen LogP contribution in [-0.4, -0.2) is 11.6 Å². The van der Waals surface area contributed by atoms with Crippen LogP contribution in [0.1, 0.15) is 45.6 Å². The van der Waals surface area contributed by atoms with E-state index in [9.17, 15) is 4.79 Å². The molecule has 0 fully saturated rings. The van der Waals surface area contributed by atoms with Gasteiger partial charge in [-0.3, -0.25) is 4.79 Å². The molecule has 0 heterocycles. The molecule has 20 heavy (non-hydrogen) atoms. The van der Waals surface area contributed by atoms with Gasteiger partial charge in [0.15, 0.2) is 0 Å². The third-order valence-electron chi connectivity index (χ3n) is 4.19. The highest BCUT2D eigenvalue weighted by atomic mass is 16.6. The summed E-state index contributed by atoms with van der Waals surface area (Å²) in [4.78, 5) is 12.1. The lowest BCUT2D eigenvalue weighted by molar-refractivity contribution is -0.161. The van der Waals surface area contributed by atoms with E-state index in [-0.39, 0.29) is 11.6 Å². The number of allylic oxidation sites excluding steroid dienone is 2. The highest BCUT2D eigenvalue weighted by Crippen LogP contribution is 2.34. The van der Waals surface area contributed by atoms with Crippen LogP contribution in [0.4, 0.5) is 0 Å². The van der Waals surface area contributed by atoms with Crippen LogP contribution in [0.5, 0.6) is 0 Å². The fourth-order valence-corrected chi connectivity index (χ4v) is 2.77. The first-order valence-corrected chi connectivity index (χ1v) is 7.39. The third-order valence-corrected chi connectivity index (χ3v) is 4.19. The summed E-state index contributed by atoms with van der Waals surface area (Å²) in [6.07, 6.45) is 5.86. The Morgan fingerprint density at radius 3 is 2.60 bits per heavy atom. The Hall–Kier alpha value is -1.57. The lowest BCUT2D eigenvalue weighted by Gasteiger charge is -2.35. The lowest BCUT2D eigenvalue weighted by atomic mass is 9.79. The number of carbonyl (C=O) groups is 1.